The van der Waals surface area contributed by atoms with E-state index in [1.807, 2.05) is 18.5 Å². The van der Waals surface area contributed by atoms with Gasteiger partial charge in [-0.2, -0.15) is 0 Å². The molecule has 0 radical (unpaired) electrons. The summed E-state index contributed by atoms with van der Waals surface area (Å²) in [7, 11) is 4.25. The van der Waals surface area contributed by atoms with Crippen molar-refractivity contribution in [3.63, 3.8) is 0 Å². The number of aliphatic carboxylic acids is 1. The second kappa shape index (κ2) is 14.9. The van der Waals surface area contributed by atoms with Gasteiger partial charge in [0, 0.05) is 42.7 Å². The van der Waals surface area contributed by atoms with Gasteiger partial charge in [0.2, 0.25) is 0 Å². The van der Waals surface area contributed by atoms with Crippen molar-refractivity contribution in [2.45, 2.75) is 146 Å². The quantitative estimate of drug-likeness (QED) is 0.198. The predicted octanol–water partition coefficient (Wildman–Crippen LogP) is 8.62. The van der Waals surface area contributed by atoms with Crippen LogP contribution in [0.5, 0.6) is 0 Å². The first kappa shape index (κ1) is 42.0. The molecule has 0 bridgehead atoms. The molecule has 0 saturated heterocycles. The number of hydrogen-bond acceptors (Lipinski definition) is 8. The molecule has 1 aromatic rings. The molecule has 4 fully saturated rings. The fourth-order valence-corrected chi connectivity index (χ4v) is 13.5. The van der Waals surface area contributed by atoms with E-state index in [2.05, 4.69) is 82.3 Å². The van der Waals surface area contributed by atoms with E-state index in [1.54, 1.807) is 13.8 Å². The van der Waals surface area contributed by atoms with E-state index < -0.39 is 17.4 Å². The molecule has 8 atom stereocenters. The summed E-state index contributed by atoms with van der Waals surface area (Å²) >= 11 is 0. The number of hydrogen-bond donors (Lipinski definition) is 1. The van der Waals surface area contributed by atoms with Gasteiger partial charge >= 0.3 is 11.9 Å². The molecule has 0 amide bonds. The van der Waals surface area contributed by atoms with Crippen LogP contribution in [0.3, 0.4) is 0 Å². The van der Waals surface area contributed by atoms with Crippen LogP contribution in [0.4, 0.5) is 0 Å². The van der Waals surface area contributed by atoms with Crippen LogP contribution in [0, 0.1) is 56.2 Å². The molecule has 0 aromatic carbocycles. The zero-order valence-electron chi connectivity index (χ0n) is 36.1. The number of rotatable bonds is 13. The molecule has 5 aliphatic carbocycles. The fraction of sp³-hybridized carbons (Fsp3) is 0.804. The number of ketones is 1. The number of nitrogens with zero attached hydrogens (tertiary/aromatic N) is 4. The average Bonchev–Trinajstić information content (AvgIpc) is 3.40. The molecule has 0 unspecified atom stereocenters. The first-order chi connectivity index (χ1) is 25.6. The number of Topliss-reactive ketones (excluding diaryl/α,β-unsaturated/α-hetero) is 1. The Bertz CT molecular complexity index is 1650. The van der Waals surface area contributed by atoms with Gasteiger partial charge in [-0.15, -0.1) is 0 Å². The van der Waals surface area contributed by atoms with Crippen LogP contribution in [-0.2, 0) is 25.7 Å². The van der Waals surface area contributed by atoms with Crippen molar-refractivity contribution in [1.82, 2.24) is 19.8 Å². The van der Waals surface area contributed by atoms with Crippen molar-refractivity contribution in [3.05, 3.63) is 35.4 Å². The normalized spacial score (nSPS) is 35.7. The van der Waals surface area contributed by atoms with Gasteiger partial charge in [-0.1, -0.05) is 54.0 Å². The fourth-order valence-electron chi connectivity index (χ4n) is 13.5. The van der Waals surface area contributed by atoms with E-state index in [4.69, 9.17) is 4.74 Å². The van der Waals surface area contributed by atoms with Crippen molar-refractivity contribution >= 4 is 17.7 Å². The Morgan fingerprint density at radius 3 is 2.24 bits per heavy atom. The third-order valence-electron chi connectivity index (χ3n) is 16.7. The van der Waals surface area contributed by atoms with Crippen molar-refractivity contribution in [3.8, 4) is 0 Å². The van der Waals surface area contributed by atoms with Crippen LogP contribution in [0.25, 0.3) is 0 Å². The molecule has 9 heteroatoms. The number of fused-ring (bicyclic) bond motifs is 7. The Hall–Kier alpha value is -2.65. The Kier molecular flexibility index (Phi) is 11.4. The molecule has 0 spiro atoms. The maximum atomic E-state index is 14.2. The van der Waals surface area contributed by atoms with Crippen molar-refractivity contribution in [2.75, 3.05) is 33.7 Å². The first-order valence-electron chi connectivity index (χ1n) is 21.4. The van der Waals surface area contributed by atoms with Crippen LogP contribution < -0.4 is 0 Å². The molecule has 1 N–H and O–H groups in total. The number of carboxylic acid groups (broad SMARTS) is 1. The largest absolute Gasteiger partial charge is 0.481 e. The highest BCUT2D eigenvalue weighted by molar-refractivity contribution is 6.00. The van der Waals surface area contributed by atoms with Crippen LogP contribution in [-0.4, -0.2) is 82.4 Å². The lowest BCUT2D eigenvalue weighted by Crippen LogP contribution is -2.65. The summed E-state index contributed by atoms with van der Waals surface area (Å²) in [6, 6.07) is 1.87. The minimum atomic E-state index is -1.15. The van der Waals surface area contributed by atoms with E-state index in [-0.39, 0.29) is 45.5 Å². The molecule has 5 aliphatic rings. The lowest BCUT2D eigenvalue weighted by molar-refractivity contribution is -0.233. The molecule has 1 aromatic heterocycles. The van der Waals surface area contributed by atoms with E-state index in [9.17, 15) is 19.5 Å². The highest BCUT2D eigenvalue weighted by Gasteiger charge is 2.70. The maximum absolute atomic E-state index is 14.2. The molecule has 1 heterocycles. The minimum absolute atomic E-state index is 0.0851. The minimum Gasteiger partial charge on any atom is -0.481 e. The molecule has 9 nitrogen and oxygen atoms in total. The maximum Gasteiger partial charge on any atom is 0.309 e. The van der Waals surface area contributed by atoms with Gasteiger partial charge in [0.25, 0.3) is 0 Å². The summed E-state index contributed by atoms with van der Waals surface area (Å²) in [6.45, 7) is 23.6. The Balaban J connectivity index is 1.26. The second-order valence-corrected chi connectivity index (χ2v) is 21.2. The molecular formula is C46H72N4O5. The van der Waals surface area contributed by atoms with Gasteiger partial charge in [-0.3, -0.25) is 19.3 Å². The summed E-state index contributed by atoms with van der Waals surface area (Å²) in [5.41, 5.74) is 1.56. The zero-order valence-corrected chi connectivity index (χ0v) is 36.1. The lowest BCUT2D eigenvalue weighted by Gasteiger charge is -2.72. The first-order valence-corrected chi connectivity index (χ1v) is 21.4. The van der Waals surface area contributed by atoms with E-state index in [0.29, 0.717) is 36.5 Å². The number of carbonyl (C=O) groups is 3. The smallest absolute Gasteiger partial charge is 0.309 e. The summed E-state index contributed by atoms with van der Waals surface area (Å²) in [4.78, 5) is 53.1. The standard InChI is InChI=1S/C46H72N4O5/c1-30(2)38-32(51)27-46(21-24-50(26-25-49(10)11)29-36-47-22-12-23-48-36)20-19-44(8)31(39(38)46)13-14-34-43(7)17-16-35(55-37(52)28-41(3,4)40(53)54)42(5,6)33(43)15-18-45(34,44)9/h12,22-23,30-31,33-35H,13-21,24-29H2,1-11H3,(H,53,54)/t31-,33+,34-,35+,43+,44-,45-,46-/m1/s1. The lowest BCUT2D eigenvalue weighted by atomic mass is 9.33. The predicted molar refractivity (Wildman–Crippen MR) is 216 cm³/mol. The van der Waals surface area contributed by atoms with Crippen LogP contribution >= 0.6 is 0 Å². The van der Waals surface area contributed by atoms with Gasteiger partial charge in [-0.25, -0.2) is 9.97 Å². The Morgan fingerprint density at radius 2 is 1.60 bits per heavy atom. The molecule has 306 valence electrons. The number of aromatic nitrogens is 2. The highest BCUT2D eigenvalue weighted by Crippen LogP contribution is 2.77. The Labute approximate surface area is 331 Å². The number of esters is 1. The van der Waals surface area contributed by atoms with Gasteiger partial charge in [-0.05, 0) is 144 Å². The average molecular weight is 761 g/mol. The molecular weight excluding hydrogens is 689 g/mol. The zero-order chi connectivity index (χ0) is 40.4. The third-order valence-corrected chi connectivity index (χ3v) is 16.7. The Morgan fingerprint density at radius 1 is 0.909 bits per heavy atom. The number of carboxylic acids is 1. The summed E-state index contributed by atoms with van der Waals surface area (Å²) in [5.74, 6) is 1.43. The number of carbonyl (C=O) groups excluding carboxylic acids is 2. The third kappa shape index (κ3) is 7.25. The molecule has 6 rings (SSSR count). The van der Waals surface area contributed by atoms with Crippen LogP contribution in [0.15, 0.2) is 29.6 Å². The molecule has 4 saturated carbocycles. The van der Waals surface area contributed by atoms with Gasteiger partial charge in [0.05, 0.1) is 18.4 Å². The van der Waals surface area contributed by atoms with Gasteiger partial charge in [0.15, 0.2) is 5.78 Å². The molecule has 0 aliphatic heterocycles. The number of likely N-dealkylation sites (N-methyl/N-ethyl adjacent to an activating group) is 1. The monoisotopic (exact) mass is 761 g/mol. The summed E-state index contributed by atoms with van der Waals surface area (Å²) < 4.78 is 6.20. The summed E-state index contributed by atoms with van der Waals surface area (Å²) in [6.07, 6.45) is 13.5. The van der Waals surface area contributed by atoms with Crippen LogP contribution in [0.1, 0.15) is 139 Å². The number of allylic oxidation sites excluding steroid dienone is 2. The van der Waals surface area contributed by atoms with Crippen molar-refractivity contribution in [2.24, 2.45) is 56.2 Å². The van der Waals surface area contributed by atoms with Crippen LogP contribution in [0.2, 0.25) is 0 Å². The van der Waals surface area contributed by atoms with Crippen molar-refractivity contribution in [1.29, 1.82) is 0 Å². The van der Waals surface area contributed by atoms with Crippen molar-refractivity contribution < 1.29 is 24.2 Å². The summed E-state index contributed by atoms with van der Waals surface area (Å²) in [5, 5.41) is 9.64. The van der Waals surface area contributed by atoms with E-state index in [0.717, 1.165) is 88.8 Å². The second-order valence-electron chi connectivity index (χ2n) is 21.2. The van der Waals surface area contributed by atoms with E-state index in [1.165, 1.54) is 5.57 Å². The highest BCUT2D eigenvalue weighted by atomic mass is 16.5. The van der Waals surface area contributed by atoms with E-state index >= 15 is 0 Å². The topological polar surface area (TPSA) is 113 Å². The van der Waals surface area contributed by atoms with Gasteiger partial charge in [0.1, 0.15) is 11.9 Å². The number of ether oxygens (including phenoxy) is 1. The molecule has 55 heavy (non-hydrogen) atoms. The SMILES string of the molecule is CC(C)C1=C2[C@H]3CC[C@@H]4[C@@]5(C)CC[C@H](OC(=O)CC(C)(C)C(=O)O)C(C)(C)[C@@H]5CC[C@@]4(C)[C@]3(C)CC[C@@]2(CCN(CCN(C)C)Cc2ncccn2)CC1=O. The van der Waals surface area contributed by atoms with Gasteiger partial charge < -0.3 is 14.7 Å².